The second kappa shape index (κ2) is 10.0. The lowest BCUT2D eigenvalue weighted by molar-refractivity contribution is -0.127. The zero-order chi connectivity index (χ0) is 21.6. The van der Waals surface area contributed by atoms with Gasteiger partial charge in [-0.05, 0) is 49.1 Å². The Hall–Kier alpha value is -2.80. The van der Waals surface area contributed by atoms with Crippen LogP contribution in [0.3, 0.4) is 0 Å². The number of anilines is 1. The molecule has 2 saturated heterocycles. The summed E-state index contributed by atoms with van der Waals surface area (Å²) >= 11 is 0. The van der Waals surface area contributed by atoms with Crippen LogP contribution in [0.4, 0.5) is 14.6 Å². The molecule has 1 amide bonds. The first-order valence-electron chi connectivity index (χ1n) is 10.9. The average molecular weight is 427 g/mol. The van der Waals surface area contributed by atoms with E-state index in [1.165, 1.54) is 30.4 Å². The largest absolute Gasteiger partial charge is 0.354 e. The molecule has 0 saturated carbocycles. The van der Waals surface area contributed by atoms with Crippen molar-refractivity contribution in [3.63, 3.8) is 0 Å². The number of piperazine rings is 1. The molecule has 1 aromatic heterocycles. The second-order valence-corrected chi connectivity index (χ2v) is 8.24. The summed E-state index contributed by atoms with van der Waals surface area (Å²) in [5, 5.41) is 0. The van der Waals surface area contributed by atoms with Gasteiger partial charge in [0, 0.05) is 63.6 Å². The molecule has 0 bridgehead atoms. The third-order valence-electron chi connectivity index (χ3n) is 6.08. The Morgan fingerprint density at radius 1 is 1.03 bits per heavy atom. The minimum Gasteiger partial charge on any atom is -0.354 e. The molecule has 0 spiro atoms. The van der Waals surface area contributed by atoms with Gasteiger partial charge in [0.1, 0.15) is 17.5 Å². The normalized spacial score (nSPS) is 20.4. The van der Waals surface area contributed by atoms with Gasteiger partial charge < -0.3 is 9.80 Å². The molecule has 7 heteroatoms. The number of benzene rings is 1. The Balaban J connectivity index is 1.28. The molecule has 1 atom stereocenters. The smallest absolute Gasteiger partial charge is 0.246 e. The first-order valence-corrected chi connectivity index (χ1v) is 10.9. The van der Waals surface area contributed by atoms with Gasteiger partial charge in [-0.1, -0.05) is 12.1 Å². The van der Waals surface area contributed by atoms with Crippen molar-refractivity contribution in [1.82, 2.24) is 14.8 Å². The van der Waals surface area contributed by atoms with E-state index < -0.39 is 11.6 Å². The third kappa shape index (κ3) is 5.47. The van der Waals surface area contributed by atoms with Crippen molar-refractivity contribution in [2.75, 3.05) is 50.7 Å². The molecule has 5 nitrogen and oxygen atoms in total. The molecule has 0 N–H and O–H groups in total. The van der Waals surface area contributed by atoms with Crippen LogP contribution >= 0.6 is 0 Å². The summed E-state index contributed by atoms with van der Waals surface area (Å²) in [6.07, 6.45) is 6.40. The quantitative estimate of drug-likeness (QED) is 0.687. The van der Waals surface area contributed by atoms with Gasteiger partial charge in [-0.25, -0.2) is 13.8 Å². The Kier molecular flexibility index (Phi) is 6.92. The van der Waals surface area contributed by atoms with Crippen molar-refractivity contribution in [3.05, 3.63) is 65.9 Å². The number of aromatic nitrogens is 1. The van der Waals surface area contributed by atoms with Crippen molar-refractivity contribution in [2.24, 2.45) is 5.92 Å². The van der Waals surface area contributed by atoms with Gasteiger partial charge in [0.05, 0.1) is 0 Å². The number of piperidine rings is 1. The maximum Gasteiger partial charge on any atom is 0.246 e. The molecule has 1 aromatic carbocycles. The molecule has 0 radical (unpaired) electrons. The molecular weight excluding hydrogens is 398 g/mol. The van der Waals surface area contributed by atoms with E-state index in [-0.39, 0.29) is 11.5 Å². The van der Waals surface area contributed by atoms with E-state index in [1.807, 2.05) is 24.4 Å². The molecule has 0 aliphatic carbocycles. The van der Waals surface area contributed by atoms with Crippen LogP contribution in [0, 0.1) is 17.6 Å². The zero-order valence-electron chi connectivity index (χ0n) is 17.6. The highest BCUT2D eigenvalue weighted by atomic mass is 19.1. The van der Waals surface area contributed by atoms with Crippen LogP contribution in [0.5, 0.6) is 0 Å². The van der Waals surface area contributed by atoms with Gasteiger partial charge in [0.25, 0.3) is 0 Å². The number of halogens is 2. The van der Waals surface area contributed by atoms with Gasteiger partial charge in [-0.2, -0.15) is 0 Å². The third-order valence-corrected chi connectivity index (χ3v) is 6.08. The van der Waals surface area contributed by atoms with Crippen molar-refractivity contribution in [2.45, 2.75) is 12.8 Å². The topological polar surface area (TPSA) is 39.7 Å². The van der Waals surface area contributed by atoms with Crippen LogP contribution < -0.4 is 4.90 Å². The number of nitrogens with zero attached hydrogens (tertiary/aromatic N) is 4. The Bertz CT molecular complexity index is 893. The lowest BCUT2D eigenvalue weighted by Crippen LogP contribution is -2.50. The molecule has 1 unspecified atom stereocenters. The van der Waals surface area contributed by atoms with Crippen molar-refractivity contribution in [3.8, 4) is 0 Å². The molecule has 4 rings (SSSR count). The number of likely N-dealkylation sites (tertiary alicyclic amines) is 1. The zero-order valence-corrected chi connectivity index (χ0v) is 17.6. The minimum absolute atomic E-state index is 0.171. The van der Waals surface area contributed by atoms with Crippen LogP contribution in [0.1, 0.15) is 18.4 Å². The van der Waals surface area contributed by atoms with Crippen LogP contribution in [-0.2, 0) is 4.79 Å². The Morgan fingerprint density at radius 2 is 1.81 bits per heavy atom. The highest BCUT2D eigenvalue weighted by Gasteiger charge is 2.26. The number of hydrogen-bond acceptors (Lipinski definition) is 4. The average Bonchev–Trinajstić information content (AvgIpc) is 2.80. The molecule has 2 fully saturated rings. The number of hydrogen-bond donors (Lipinski definition) is 0. The summed E-state index contributed by atoms with van der Waals surface area (Å²) < 4.78 is 27.5. The van der Waals surface area contributed by atoms with E-state index in [9.17, 15) is 13.6 Å². The molecule has 2 aliphatic heterocycles. The van der Waals surface area contributed by atoms with E-state index in [0.29, 0.717) is 19.0 Å². The maximum absolute atomic E-state index is 13.8. The summed E-state index contributed by atoms with van der Waals surface area (Å²) in [4.78, 5) is 23.6. The predicted molar refractivity (Wildman–Crippen MR) is 118 cm³/mol. The summed E-state index contributed by atoms with van der Waals surface area (Å²) in [5.74, 6) is -0.0736. The monoisotopic (exact) mass is 426 g/mol. The molecule has 2 aromatic rings. The van der Waals surface area contributed by atoms with Gasteiger partial charge >= 0.3 is 0 Å². The lowest BCUT2D eigenvalue weighted by atomic mass is 9.97. The van der Waals surface area contributed by atoms with E-state index in [4.69, 9.17) is 0 Å². The molecule has 3 heterocycles. The first-order chi connectivity index (χ1) is 15.1. The standard InChI is InChI=1S/C24H28F2N4O/c25-21-6-3-7-22(26)20(21)9-10-24(31)30-12-4-5-19(18-30)17-28-13-15-29(16-14-28)23-8-1-2-11-27-23/h1-3,6-11,19H,4-5,12-18H2/b10-9+. The summed E-state index contributed by atoms with van der Waals surface area (Å²) in [5.41, 5.74) is -0.171. The van der Waals surface area contributed by atoms with Crippen LogP contribution in [-0.4, -0.2) is 66.5 Å². The van der Waals surface area contributed by atoms with E-state index in [0.717, 1.165) is 51.4 Å². The SMILES string of the molecule is O=C(/C=C/c1c(F)cccc1F)N1CCCC(CN2CCN(c3ccccn3)CC2)C1. The van der Waals surface area contributed by atoms with Crippen molar-refractivity contribution < 1.29 is 13.6 Å². The van der Waals surface area contributed by atoms with Gasteiger partial charge in [0.2, 0.25) is 5.91 Å². The molecule has 31 heavy (non-hydrogen) atoms. The first kappa shape index (κ1) is 21.4. The molecule has 164 valence electrons. The highest BCUT2D eigenvalue weighted by molar-refractivity contribution is 5.91. The molecule has 2 aliphatic rings. The van der Waals surface area contributed by atoms with Crippen LogP contribution in [0.15, 0.2) is 48.7 Å². The highest BCUT2D eigenvalue weighted by Crippen LogP contribution is 2.21. The fourth-order valence-electron chi connectivity index (χ4n) is 4.41. The second-order valence-electron chi connectivity index (χ2n) is 8.24. The van der Waals surface area contributed by atoms with Crippen LogP contribution in [0.25, 0.3) is 6.08 Å². The maximum atomic E-state index is 13.8. The van der Waals surface area contributed by atoms with Gasteiger partial charge in [-0.3, -0.25) is 9.69 Å². The van der Waals surface area contributed by atoms with Crippen molar-refractivity contribution in [1.29, 1.82) is 0 Å². The van der Waals surface area contributed by atoms with E-state index in [2.05, 4.69) is 14.8 Å². The van der Waals surface area contributed by atoms with Crippen LogP contribution in [0.2, 0.25) is 0 Å². The fraction of sp³-hybridized carbons (Fsp3) is 0.417. The van der Waals surface area contributed by atoms with E-state index in [1.54, 1.807) is 4.90 Å². The van der Waals surface area contributed by atoms with Gasteiger partial charge in [0.15, 0.2) is 0 Å². The predicted octanol–water partition coefficient (Wildman–Crippen LogP) is 3.43. The summed E-state index contributed by atoms with van der Waals surface area (Å²) in [6, 6.07) is 9.68. The lowest BCUT2D eigenvalue weighted by Gasteiger charge is -2.39. The Labute approximate surface area is 182 Å². The number of carbonyl (C=O) groups excluding carboxylic acids is 1. The summed E-state index contributed by atoms with van der Waals surface area (Å²) in [6.45, 7) is 6.19. The fourth-order valence-corrected chi connectivity index (χ4v) is 4.41. The number of pyridine rings is 1. The number of carbonyl (C=O) groups is 1. The number of rotatable bonds is 5. The molecular formula is C24H28F2N4O. The van der Waals surface area contributed by atoms with E-state index >= 15 is 0 Å². The summed E-state index contributed by atoms with van der Waals surface area (Å²) in [7, 11) is 0. The number of amides is 1. The van der Waals surface area contributed by atoms with Crippen molar-refractivity contribution >= 4 is 17.8 Å². The minimum atomic E-state index is -0.662. The Morgan fingerprint density at radius 3 is 2.52 bits per heavy atom. The van der Waals surface area contributed by atoms with Gasteiger partial charge in [-0.15, -0.1) is 0 Å².